The molecule has 3 aromatic heterocycles. The average molecular weight is 644 g/mol. The first kappa shape index (κ1) is 27.3. The van der Waals surface area contributed by atoms with E-state index in [0.717, 1.165) is 0 Å². The molecule has 0 fully saturated rings. The van der Waals surface area contributed by atoms with E-state index in [9.17, 15) is 0 Å². The first-order chi connectivity index (χ1) is 21.5. The van der Waals surface area contributed by atoms with E-state index in [2.05, 4.69) is 19.9 Å². The van der Waals surface area contributed by atoms with Crippen molar-refractivity contribution in [3.63, 3.8) is 0 Å². The van der Waals surface area contributed by atoms with Crippen LogP contribution in [0.3, 0.4) is 0 Å². The van der Waals surface area contributed by atoms with E-state index in [0.29, 0.717) is 43.8 Å². The first-order valence-electron chi connectivity index (χ1n) is 13.9. The summed E-state index contributed by atoms with van der Waals surface area (Å²) >= 11 is 0. The van der Waals surface area contributed by atoms with E-state index < -0.39 is 23.3 Å². The Labute approximate surface area is 262 Å². The van der Waals surface area contributed by atoms with E-state index in [1.54, 1.807) is 97.1 Å². The molecule has 45 heavy (non-hydrogen) atoms. The minimum absolute atomic E-state index is 0. The quantitative estimate of drug-likeness (QED) is 0.122. The van der Waals surface area contributed by atoms with Crippen LogP contribution in [0, 0.1) is 23.3 Å². The number of hydrogen-bond donors (Lipinski definition) is 0. The molecule has 1 radical (unpaired) electrons. The van der Waals surface area contributed by atoms with Gasteiger partial charge in [-0.3, -0.25) is 0 Å². The van der Waals surface area contributed by atoms with Gasteiger partial charge in [0.15, 0.2) is 0 Å². The van der Waals surface area contributed by atoms with E-state index in [1.807, 2.05) is 0 Å². The van der Waals surface area contributed by atoms with Crippen LogP contribution >= 0.6 is 0 Å². The zero-order valence-electron chi connectivity index (χ0n) is 22.8. The van der Waals surface area contributed by atoms with Crippen LogP contribution in [0.5, 0.6) is 0 Å². The molecule has 0 unspecified atom stereocenters. The van der Waals surface area contributed by atoms with Crippen LogP contribution in [0.1, 0.15) is 0 Å². The predicted molar refractivity (Wildman–Crippen MR) is 163 cm³/mol. The molecule has 4 nitrogen and oxygen atoms in total. The summed E-state index contributed by atoms with van der Waals surface area (Å²) in [5, 5.41) is 1.39. The van der Waals surface area contributed by atoms with Crippen molar-refractivity contribution in [1.29, 1.82) is 0 Å². The minimum Gasteiger partial charge on any atom is -0.652 e. The molecule has 0 amide bonds. The fourth-order valence-corrected chi connectivity index (χ4v) is 6.30. The molecule has 0 saturated carbocycles. The second kappa shape index (κ2) is 9.89. The van der Waals surface area contributed by atoms with Crippen LogP contribution in [-0.4, -0.2) is 9.97 Å². The summed E-state index contributed by atoms with van der Waals surface area (Å²) in [6.07, 6.45) is 0. The molecule has 0 N–H and O–H groups in total. The molecule has 7 aromatic rings. The molecule has 9 rings (SSSR count). The summed E-state index contributed by atoms with van der Waals surface area (Å²) in [5.74, 6) is -3.32. The molecule has 2 aliphatic rings. The summed E-state index contributed by atoms with van der Waals surface area (Å²) in [4.78, 5) is 17.8. The van der Waals surface area contributed by atoms with Crippen molar-refractivity contribution in [3.8, 4) is 45.0 Å². The third kappa shape index (κ3) is 3.71. The molecule has 0 saturated heterocycles. The monoisotopic (exact) mass is 643 g/mol. The largest absolute Gasteiger partial charge is 2.00 e. The van der Waals surface area contributed by atoms with Gasteiger partial charge in [-0.25, -0.2) is 27.5 Å². The molecular formula is C36H16CuF4N4. The standard InChI is InChI=1S/C36H16F4N4.Cu/c37-25-29-17-9-1-2-10-18(17)30(41-29)26(38)32-21-13-5-6-14-22(21)34(43-32)28(40)36-24-16-8-7-15-23(24)35(44-36)27(39)33-20-12-4-3-11-19(20)31(25)42-33;/h1-16H;/q-2;+2. The normalized spacial score (nSPS) is 11.8. The van der Waals surface area contributed by atoms with Gasteiger partial charge in [-0.1, -0.05) is 119 Å². The summed E-state index contributed by atoms with van der Waals surface area (Å²) in [7, 11) is 0. The Bertz CT molecular complexity index is 2230. The summed E-state index contributed by atoms with van der Waals surface area (Å²) in [6.45, 7) is 0. The first-order valence-corrected chi connectivity index (χ1v) is 13.9. The second-order valence-corrected chi connectivity index (χ2v) is 10.7. The van der Waals surface area contributed by atoms with Crippen LogP contribution in [0.15, 0.2) is 97.1 Å². The Balaban J connectivity index is 0.00000300. The van der Waals surface area contributed by atoms with Crippen molar-refractivity contribution in [2.45, 2.75) is 0 Å². The van der Waals surface area contributed by atoms with Gasteiger partial charge in [-0.15, -0.1) is 0 Å². The average Bonchev–Trinajstić information content (AvgIpc) is 3.84. The molecule has 0 spiro atoms. The van der Waals surface area contributed by atoms with Gasteiger partial charge in [0.05, 0.1) is 0 Å². The Morgan fingerprint density at radius 1 is 0.356 bits per heavy atom. The third-order valence-electron chi connectivity index (χ3n) is 8.31. The molecule has 219 valence electrons. The number of hydrogen-bond acceptors (Lipinski definition) is 2. The van der Waals surface area contributed by atoms with Gasteiger partial charge < -0.3 is 9.97 Å². The smallest absolute Gasteiger partial charge is 0.652 e. The van der Waals surface area contributed by atoms with Crippen molar-refractivity contribution >= 4 is 43.6 Å². The van der Waals surface area contributed by atoms with Crippen LogP contribution in [0.25, 0.3) is 88.6 Å². The van der Waals surface area contributed by atoms with Crippen molar-refractivity contribution in [1.82, 2.24) is 19.9 Å². The Morgan fingerprint density at radius 2 is 0.578 bits per heavy atom. The maximum Gasteiger partial charge on any atom is 2.00 e. The molecule has 9 heteroatoms. The Kier molecular flexibility index (Phi) is 6.00. The molecule has 0 aliphatic carbocycles. The summed E-state index contributed by atoms with van der Waals surface area (Å²) < 4.78 is 66.6. The Hall–Kier alpha value is -5.24. The topological polar surface area (TPSA) is 54.0 Å². The van der Waals surface area contributed by atoms with Gasteiger partial charge in [0.1, 0.15) is 46.0 Å². The minimum atomic E-state index is -0.830. The van der Waals surface area contributed by atoms with Crippen LogP contribution in [0.2, 0.25) is 0 Å². The fraction of sp³-hybridized carbons (Fsp3) is 0. The maximum absolute atomic E-state index is 16.6. The second-order valence-electron chi connectivity index (χ2n) is 10.7. The number of nitrogens with zero attached hydrogens (tertiary/aromatic N) is 4. The van der Waals surface area contributed by atoms with Crippen molar-refractivity contribution < 1.29 is 34.6 Å². The van der Waals surface area contributed by atoms with Crippen molar-refractivity contribution in [3.05, 3.63) is 120 Å². The van der Waals surface area contributed by atoms with Crippen LogP contribution in [-0.2, 0) is 17.1 Å². The predicted octanol–water partition coefficient (Wildman–Crippen LogP) is 9.10. The molecular weight excluding hydrogens is 628 g/mol. The number of halogens is 4. The summed E-state index contributed by atoms with van der Waals surface area (Å²) in [5.41, 5.74) is 0.283. The van der Waals surface area contributed by atoms with Crippen LogP contribution in [0.4, 0.5) is 17.6 Å². The SMILES string of the molecule is Fc1c2nc(c(F)c3[n-]c(c(F)c4nc(c(F)c5[n-]c1c1ccccc51)-c1ccccc1-4)c1ccccc31)-c1ccccc1-2.[Cu+2]. The van der Waals surface area contributed by atoms with Gasteiger partial charge in [-0.2, -0.15) is 0 Å². The fourth-order valence-electron chi connectivity index (χ4n) is 6.30. The summed E-state index contributed by atoms with van der Waals surface area (Å²) in [6, 6.07) is 26.7. The molecule has 2 aliphatic heterocycles. The van der Waals surface area contributed by atoms with Gasteiger partial charge in [0.25, 0.3) is 0 Å². The number of rotatable bonds is 0. The van der Waals surface area contributed by atoms with E-state index in [1.165, 1.54) is 0 Å². The van der Waals surface area contributed by atoms with Gasteiger partial charge >= 0.3 is 17.1 Å². The number of benzene rings is 4. The molecule has 8 bridgehead atoms. The van der Waals surface area contributed by atoms with Crippen molar-refractivity contribution in [2.24, 2.45) is 0 Å². The molecule has 4 aromatic carbocycles. The van der Waals surface area contributed by atoms with E-state index >= 15 is 17.6 Å². The van der Waals surface area contributed by atoms with Gasteiger partial charge in [0, 0.05) is 22.3 Å². The Morgan fingerprint density at radius 3 is 0.822 bits per heavy atom. The van der Waals surface area contributed by atoms with E-state index in [4.69, 9.17) is 0 Å². The van der Waals surface area contributed by atoms with Crippen molar-refractivity contribution in [2.75, 3.05) is 0 Å². The zero-order chi connectivity index (χ0) is 29.7. The van der Waals surface area contributed by atoms with Gasteiger partial charge in [-0.05, 0) is 21.5 Å². The van der Waals surface area contributed by atoms with Crippen LogP contribution < -0.4 is 9.97 Å². The zero-order valence-corrected chi connectivity index (χ0v) is 23.8. The van der Waals surface area contributed by atoms with Gasteiger partial charge in [0.2, 0.25) is 0 Å². The molecule has 0 atom stereocenters. The number of aromatic nitrogens is 4. The maximum atomic E-state index is 16.6. The number of fused-ring (bicyclic) bond motifs is 20. The molecule has 5 heterocycles. The third-order valence-corrected chi connectivity index (χ3v) is 8.31. The van der Waals surface area contributed by atoms with E-state index in [-0.39, 0.29) is 61.9 Å².